The zero-order chi connectivity index (χ0) is 13.9. The Morgan fingerprint density at radius 2 is 2.16 bits per heavy atom. The summed E-state index contributed by atoms with van der Waals surface area (Å²) in [6.07, 6.45) is 3.18. The lowest BCUT2D eigenvalue weighted by atomic mass is 10.0. The minimum Gasteiger partial charge on any atom is -0.492 e. The van der Waals surface area contributed by atoms with Gasteiger partial charge >= 0.3 is 0 Å². The van der Waals surface area contributed by atoms with Gasteiger partial charge in [0.1, 0.15) is 5.75 Å². The van der Waals surface area contributed by atoms with E-state index in [-0.39, 0.29) is 5.92 Å². The number of hydrogen-bond donors (Lipinski definition) is 0. The number of para-hydroxylation sites is 1. The molecule has 1 atom stereocenters. The van der Waals surface area contributed by atoms with Gasteiger partial charge in [-0.05, 0) is 40.9 Å². The number of ether oxygens (including phenoxy) is 1. The number of benzene rings is 1. The maximum atomic E-state index is 11.5. The van der Waals surface area contributed by atoms with Gasteiger partial charge in [-0.3, -0.25) is 0 Å². The zero-order valence-electron chi connectivity index (χ0n) is 10.9. The third kappa shape index (κ3) is 4.19. The molecule has 1 aliphatic rings. The Morgan fingerprint density at radius 3 is 2.84 bits per heavy atom. The van der Waals surface area contributed by atoms with E-state index in [0.717, 1.165) is 23.1 Å². The van der Waals surface area contributed by atoms with E-state index < -0.39 is 10.0 Å². The predicted octanol–water partition coefficient (Wildman–Crippen LogP) is 2.50. The highest BCUT2D eigenvalue weighted by atomic mass is 79.9. The Balaban J connectivity index is 1.92. The summed E-state index contributed by atoms with van der Waals surface area (Å²) in [5, 5.41) is 0. The van der Waals surface area contributed by atoms with Gasteiger partial charge < -0.3 is 4.74 Å². The van der Waals surface area contributed by atoms with Crippen molar-refractivity contribution in [2.75, 3.05) is 26.0 Å². The lowest BCUT2D eigenvalue weighted by Crippen LogP contribution is -2.40. The van der Waals surface area contributed by atoms with Crippen molar-refractivity contribution in [3.8, 4) is 5.75 Å². The highest BCUT2D eigenvalue weighted by Crippen LogP contribution is 2.26. The van der Waals surface area contributed by atoms with Gasteiger partial charge in [0, 0.05) is 19.0 Å². The summed E-state index contributed by atoms with van der Waals surface area (Å²) in [4.78, 5) is 0. The molecular formula is C13H18BrNO3S. The first kappa shape index (κ1) is 14.8. The molecule has 0 bridgehead atoms. The van der Waals surface area contributed by atoms with E-state index in [1.54, 1.807) is 4.31 Å². The molecule has 1 aromatic carbocycles. The van der Waals surface area contributed by atoms with E-state index >= 15 is 0 Å². The number of piperidine rings is 1. The molecule has 0 radical (unpaired) electrons. The van der Waals surface area contributed by atoms with Crippen LogP contribution < -0.4 is 4.74 Å². The van der Waals surface area contributed by atoms with Gasteiger partial charge in [-0.1, -0.05) is 12.1 Å². The van der Waals surface area contributed by atoms with Crippen LogP contribution in [-0.4, -0.2) is 38.7 Å². The van der Waals surface area contributed by atoms with Crippen molar-refractivity contribution < 1.29 is 13.2 Å². The van der Waals surface area contributed by atoms with Crippen LogP contribution in [0.1, 0.15) is 12.8 Å². The Morgan fingerprint density at radius 1 is 1.42 bits per heavy atom. The summed E-state index contributed by atoms with van der Waals surface area (Å²) in [6.45, 7) is 1.74. The molecule has 0 aliphatic carbocycles. The zero-order valence-corrected chi connectivity index (χ0v) is 13.3. The van der Waals surface area contributed by atoms with Crippen LogP contribution in [-0.2, 0) is 10.0 Å². The molecule has 0 N–H and O–H groups in total. The van der Waals surface area contributed by atoms with Crippen molar-refractivity contribution in [2.45, 2.75) is 12.8 Å². The summed E-state index contributed by atoms with van der Waals surface area (Å²) in [7, 11) is -3.08. The number of sulfonamides is 1. The highest BCUT2D eigenvalue weighted by Gasteiger charge is 2.26. The molecule has 1 heterocycles. The number of halogens is 1. The molecule has 0 saturated carbocycles. The molecule has 19 heavy (non-hydrogen) atoms. The fourth-order valence-corrected chi connectivity index (χ4v) is 3.58. The SMILES string of the molecule is CS(=O)(=O)N1CCCC(COc2ccccc2Br)C1. The monoisotopic (exact) mass is 347 g/mol. The van der Waals surface area contributed by atoms with Gasteiger partial charge in [0.15, 0.2) is 0 Å². The summed E-state index contributed by atoms with van der Waals surface area (Å²) in [6, 6.07) is 7.69. The molecule has 106 valence electrons. The second kappa shape index (κ2) is 6.24. The van der Waals surface area contributed by atoms with Gasteiger partial charge in [-0.2, -0.15) is 0 Å². The Hall–Kier alpha value is -0.590. The third-order valence-electron chi connectivity index (χ3n) is 3.26. The van der Waals surface area contributed by atoms with E-state index in [1.165, 1.54) is 6.26 Å². The molecule has 1 aromatic rings. The molecule has 1 saturated heterocycles. The van der Waals surface area contributed by atoms with Crippen LogP contribution in [0.3, 0.4) is 0 Å². The minimum atomic E-state index is -3.08. The fraction of sp³-hybridized carbons (Fsp3) is 0.538. The maximum Gasteiger partial charge on any atom is 0.211 e. The lowest BCUT2D eigenvalue weighted by molar-refractivity contribution is 0.180. The third-order valence-corrected chi connectivity index (χ3v) is 5.19. The molecule has 1 fully saturated rings. The van der Waals surface area contributed by atoms with Crippen molar-refractivity contribution in [3.63, 3.8) is 0 Å². The highest BCUT2D eigenvalue weighted by molar-refractivity contribution is 9.10. The van der Waals surface area contributed by atoms with Crippen LogP contribution in [0.4, 0.5) is 0 Å². The largest absolute Gasteiger partial charge is 0.492 e. The van der Waals surface area contributed by atoms with Crippen LogP contribution in [0.15, 0.2) is 28.7 Å². The molecule has 1 aliphatic heterocycles. The topological polar surface area (TPSA) is 46.6 Å². The summed E-state index contributed by atoms with van der Waals surface area (Å²) in [5.41, 5.74) is 0. The smallest absolute Gasteiger partial charge is 0.211 e. The van der Waals surface area contributed by atoms with Crippen LogP contribution >= 0.6 is 15.9 Å². The first-order valence-electron chi connectivity index (χ1n) is 6.29. The molecule has 2 rings (SSSR count). The van der Waals surface area contributed by atoms with Crippen LogP contribution in [0.25, 0.3) is 0 Å². The van der Waals surface area contributed by atoms with E-state index in [1.807, 2.05) is 24.3 Å². The first-order valence-corrected chi connectivity index (χ1v) is 8.93. The number of hydrogen-bond acceptors (Lipinski definition) is 3. The molecule has 0 aromatic heterocycles. The Kier molecular flexibility index (Phi) is 4.86. The molecule has 4 nitrogen and oxygen atoms in total. The van der Waals surface area contributed by atoms with E-state index in [0.29, 0.717) is 19.7 Å². The Bertz CT molecular complexity index is 532. The standard InChI is InChI=1S/C13H18BrNO3S/c1-19(16,17)15-8-4-5-11(9-15)10-18-13-7-3-2-6-12(13)14/h2-3,6-7,11H,4-5,8-10H2,1H3. The summed E-state index contributed by atoms with van der Waals surface area (Å²) >= 11 is 3.43. The average molecular weight is 348 g/mol. The summed E-state index contributed by atoms with van der Waals surface area (Å²) in [5.74, 6) is 1.06. The van der Waals surface area contributed by atoms with Crippen molar-refractivity contribution in [2.24, 2.45) is 5.92 Å². The van der Waals surface area contributed by atoms with Crippen molar-refractivity contribution in [3.05, 3.63) is 28.7 Å². The van der Waals surface area contributed by atoms with Gasteiger partial charge in [-0.15, -0.1) is 0 Å². The second-order valence-electron chi connectivity index (χ2n) is 4.87. The first-order chi connectivity index (χ1) is 8.97. The van der Waals surface area contributed by atoms with Crippen LogP contribution in [0, 0.1) is 5.92 Å². The molecule has 0 spiro atoms. The Labute approximate surface area is 122 Å². The van der Waals surface area contributed by atoms with Crippen molar-refractivity contribution in [1.82, 2.24) is 4.31 Å². The molecule has 6 heteroatoms. The average Bonchev–Trinajstić information content (AvgIpc) is 2.37. The maximum absolute atomic E-state index is 11.5. The van der Waals surface area contributed by atoms with E-state index in [9.17, 15) is 8.42 Å². The molecular weight excluding hydrogens is 330 g/mol. The van der Waals surface area contributed by atoms with Gasteiger partial charge in [0.05, 0.1) is 17.3 Å². The molecule has 0 amide bonds. The van der Waals surface area contributed by atoms with E-state index in [2.05, 4.69) is 15.9 Å². The van der Waals surface area contributed by atoms with Crippen LogP contribution in [0.2, 0.25) is 0 Å². The fourth-order valence-electron chi connectivity index (χ4n) is 2.23. The van der Waals surface area contributed by atoms with E-state index in [4.69, 9.17) is 4.74 Å². The van der Waals surface area contributed by atoms with Gasteiger partial charge in [-0.25, -0.2) is 12.7 Å². The van der Waals surface area contributed by atoms with Gasteiger partial charge in [0.25, 0.3) is 0 Å². The number of rotatable bonds is 4. The molecule has 1 unspecified atom stereocenters. The minimum absolute atomic E-state index is 0.260. The van der Waals surface area contributed by atoms with Crippen molar-refractivity contribution >= 4 is 26.0 Å². The lowest BCUT2D eigenvalue weighted by Gasteiger charge is -2.30. The quantitative estimate of drug-likeness (QED) is 0.840. The van der Waals surface area contributed by atoms with Gasteiger partial charge in [0.2, 0.25) is 10.0 Å². The normalized spacial score (nSPS) is 21.3. The van der Waals surface area contributed by atoms with Crippen molar-refractivity contribution in [1.29, 1.82) is 0 Å². The summed E-state index contributed by atoms with van der Waals surface area (Å²) < 4.78 is 31.3. The second-order valence-corrected chi connectivity index (χ2v) is 7.71. The van der Waals surface area contributed by atoms with Crippen LogP contribution in [0.5, 0.6) is 5.75 Å². The number of nitrogens with zero attached hydrogens (tertiary/aromatic N) is 1. The predicted molar refractivity (Wildman–Crippen MR) is 78.8 cm³/mol.